The second kappa shape index (κ2) is 7.92. The minimum Gasteiger partial charge on any atom is -0.326 e. The smallest absolute Gasteiger partial charge is 0.237 e. The zero-order valence-corrected chi connectivity index (χ0v) is 16.9. The molecule has 0 spiro atoms. The number of rotatable bonds is 5. The summed E-state index contributed by atoms with van der Waals surface area (Å²) in [5, 5.41) is 5.03. The van der Waals surface area contributed by atoms with Gasteiger partial charge in [-0.05, 0) is 49.4 Å². The molecule has 2 atom stereocenters. The van der Waals surface area contributed by atoms with Crippen LogP contribution in [-0.2, 0) is 19.4 Å². The molecular formula is C19H19FN2O4S2. The lowest BCUT2D eigenvalue weighted by Gasteiger charge is -2.22. The SMILES string of the molecule is C[C@H](CS(=O)(=O)c1ccc2c(c1)NC(=O)[C@@H](C)S2)C(=O)Nc1ccc(F)cc1. The summed E-state index contributed by atoms with van der Waals surface area (Å²) in [5.41, 5.74) is 0.843. The average Bonchev–Trinajstić information content (AvgIpc) is 2.63. The van der Waals surface area contributed by atoms with E-state index in [1.165, 1.54) is 55.1 Å². The van der Waals surface area contributed by atoms with Crippen molar-refractivity contribution in [2.75, 3.05) is 16.4 Å². The van der Waals surface area contributed by atoms with E-state index in [2.05, 4.69) is 10.6 Å². The highest BCUT2D eigenvalue weighted by molar-refractivity contribution is 8.01. The lowest BCUT2D eigenvalue weighted by atomic mass is 10.2. The van der Waals surface area contributed by atoms with Crippen molar-refractivity contribution in [1.82, 2.24) is 0 Å². The van der Waals surface area contributed by atoms with Crippen LogP contribution in [0.15, 0.2) is 52.3 Å². The van der Waals surface area contributed by atoms with E-state index in [0.29, 0.717) is 11.4 Å². The van der Waals surface area contributed by atoms with Crippen molar-refractivity contribution in [2.24, 2.45) is 5.92 Å². The molecule has 2 amide bonds. The van der Waals surface area contributed by atoms with Crippen molar-refractivity contribution < 1.29 is 22.4 Å². The first-order valence-corrected chi connectivity index (χ1v) is 11.1. The zero-order chi connectivity index (χ0) is 20.5. The molecule has 1 heterocycles. The van der Waals surface area contributed by atoms with Crippen molar-refractivity contribution in [1.29, 1.82) is 0 Å². The van der Waals surface area contributed by atoms with Crippen LogP contribution in [0.5, 0.6) is 0 Å². The van der Waals surface area contributed by atoms with Gasteiger partial charge in [0.1, 0.15) is 5.82 Å². The maximum Gasteiger partial charge on any atom is 0.237 e. The van der Waals surface area contributed by atoms with Gasteiger partial charge in [-0.15, -0.1) is 11.8 Å². The molecule has 0 bridgehead atoms. The number of carbonyl (C=O) groups excluding carboxylic acids is 2. The molecule has 2 aromatic rings. The average molecular weight is 423 g/mol. The van der Waals surface area contributed by atoms with Crippen molar-refractivity contribution in [2.45, 2.75) is 28.9 Å². The number of thioether (sulfide) groups is 1. The van der Waals surface area contributed by atoms with Crippen molar-refractivity contribution in [3.63, 3.8) is 0 Å². The van der Waals surface area contributed by atoms with Crippen LogP contribution in [0, 0.1) is 11.7 Å². The molecule has 1 aliphatic heterocycles. The molecule has 28 heavy (non-hydrogen) atoms. The van der Waals surface area contributed by atoms with Gasteiger partial charge < -0.3 is 10.6 Å². The number of sulfone groups is 1. The molecule has 0 saturated carbocycles. The Morgan fingerprint density at radius 2 is 1.93 bits per heavy atom. The summed E-state index contributed by atoms with van der Waals surface area (Å²) in [6.45, 7) is 3.28. The van der Waals surface area contributed by atoms with E-state index < -0.39 is 33.2 Å². The van der Waals surface area contributed by atoms with Crippen LogP contribution in [-0.4, -0.2) is 31.2 Å². The van der Waals surface area contributed by atoms with Gasteiger partial charge in [-0.3, -0.25) is 9.59 Å². The van der Waals surface area contributed by atoms with Crippen LogP contribution in [0.25, 0.3) is 0 Å². The molecule has 0 unspecified atom stereocenters. The van der Waals surface area contributed by atoms with E-state index in [4.69, 9.17) is 0 Å². The maximum atomic E-state index is 12.9. The molecule has 148 valence electrons. The Morgan fingerprint density at radius 1 is 1.25 bits per heavy atom. The van der Waals surface area contributed by atoms with Crippen LogP contribution in [0.1, 0.15) is 13.8 Å². The van der Waals surface area contributed by atoms with E-state index in [0.717, 1.165) is 4.90 Å². The van der Waals surface area contributed by atoms with Crippen LogP contribution in [0.3, 0.4) is 0 Å². The molecule has 0 aromatic heterocycles. The highest BCUT2D eigenvalue weighted by Crippen LogP contribution is 2.37. The largest absolute Gasteiger partial charge is 0.326 e. The summed E-state index contributed by atoms with van der Waals surface area (Å²) in [4.78, 5) is 25.0. The third kappa shape index (κ3) is 4.53. The Bertz CT molecular complexity index is 1020. The topological polar surface area (TPSA) is 92.3 Å². The highest BCUT2D eigenvalue weighted by atomic mass is 32.2. The number of halogens is 1. The van der Waals surface area contributed by atoms with Crippen molar-refractivity contribution in [3.05, 3.63) is 48.3 Å². The van der Waals surface area contributed by atoms with Gasteiger partial charge in [-0.2, -0.15) is 0 Å². The monoisotopic (exact) mass is 422 g/mol. The second-order valence-electron chi connectivity index (χ2n) is 6.59. The van der Waals surface area contributed by atoms with E-state index in [-0.39, 0.29) is 16.1 Å². The number of amides is 2. The molecule has 0 fully saturated rings. The Morgan fingerprint density at radius 3 is 2.61 bits per heavy atom. The molecule has 2 N–H and O–H groups in total. The van der Waals surface area contributed by atoms with Crippen LogP contribution >= 0.6 is 11.8 Å². The van der Waals surface area contributed by atoms with Gasteiger partial charge in [0.05, 0.1) is 21.6 Å². The predicted octanol–water partition coefficient (Wildman–Crippen LogP) is 3.31. The molecule has 0 saturated heterocycles. The molecule has 6 nitrogen and oxygen atoms in total. The van der Waals surface area contributed by atoms with E-state index in [9.17, 15) is 22.4 Å². The van der Waals surface area contributed by atoms with E-state index >= 15 is 0 Å². The third-order valence-corrected chi connectivity index (χ3v) is 7.36. The number of carbonyl (C=O) groups is 2. The summed E-state index contributed by atoms with van der Waals surface area (Å²) in [7, 11) is -3.75. The Labute approximate surface area is 166 Å². The van der Waals surface area contributed by atoms with Gasteiger partial charge >= 0.3 is 0 Å². The van der Waals surface area contributed by atoms with Crippen LogP contribution in [0.2, 0.25) is 0 Å². The van der Waals surface area contributed by atoms with Gasteiger partial charge in [-0.1, -0.05) is 6.92 Å². The number of hydrogen-bond donors (Lipinski definition) is 2. The minimum atomic E-state index is -3.75. The molecule has 2 aromatic carbocycles. The summed E-state index contributed by atoms with van der Waals surface area (Å²) in [6.07, 6.45) is 0. The first-order chi connectivity index (χ1) is 13.2. The predicted molar refractivity (Wildman–Crippen MR) is 107 cm³/mol. The minimum absolute atomic E-state index is 0.0446. The molecule has 1 aliphatic rings. The summed E-state index contributed by atoms with van der Waals surface area (Å²) >= 11 is 1.36. The Balaban J connectivity index is 1.72. The molecule has 3 rings (SSSR count). The van der Waals surface area contributed by atoms with Gasteiger partial charge in [0.25, 0.3) is 0 Å². The van der Waals surface area contributed by atoms with Gasteiger partial charge in [-0.25, -0.2) is 12.8 Å². The van der Waals surface area contributed by atoms with Gasteiger partial charge in [0, 0.05) is 16.5 Å². The summed E-state index contributed by atoms with van der Waals surface area (Å²) in [5.74, 6) is -2.31. The fourth-order valence-corrected chi connectivity index (χ4v) is 5.19. The lowest BCUT2D eigenvalue weighted by molar-refractivity contribution is -0.119. The Kier molecular flexibility index (Phi) is 5.76. The fourth-order valence-electron chi connectivity index (χ4n) is 2.68. The first-order valence-electron chi connectivity index (χ1n) is 8.56. The summed E-state index contributed by atoms with van der Waals surface area (Å²) in [6, 6.07) is 9.78. The molecule has 0 radical (unpaired) electrons. The number of benzene rings is 2. The molecule has 9 heteroatoms. The normalized spacial score (nSPS) is 17.4. The lowest BCUT2D eigenvalue weighted by Crippen LogP contribution is -2.28. The quantitative estimate of drug-likeness (QED) is 0.771. The standard InChI is InChI=1S/C19H19FN2O4S2/c1-11(18(23)21-14-5-3-13(20)4-6-14)10-28(25,26)15-7-8-17-16(9-15)22-19(24)12(2)27-17/h3-9,11-12H,10H2,1-2H3,(H,21,23)(H,22,24)/t11-,12-/m1/s1. The van der Waals surface area contributed by atoms with Gasteiger partial charge in [0.15, 0.2) is 9.84 Å². The molecular weight excluding hydrogens is 403 g/mol. The third-order valence-electron chi connectivity index (χ3n) is 4.27. The van der Waals surface area contributed by atoms with E-state index in [1.807, 2.05) is 0 Å². The summed E-state index contributed by atoms with van der Waals surface area (Å²) < 4.78 is 38.4. The van der Waals surface area contributed by atoms with Gasteiger partial charge in [0.2, 0.25) is 11.8 Å². The maximum absolute atomic E-state index is 12.9. The van der Waals surface area contributed by atoms with Crippen LogP contribution in [0.4, 0.5) is 15.8 Å². The molecule has 0 aliphatic carbocycles. The fraction of sp³-hybridized carbons (Fsp3) is 0.263. The van der Waals surface area contributed by atoms with Crippen molar-refractivity contribution in [3.8, 4) is 0 Å². The second-order valence-corrected chi connectivity index (χ2v) is 10.0. The Hall–Kier alpha value is -2.39. The highest BCUT2D eigenvalue weighted by Gasteiger charge is 2.27. The van der Waals surface area contributed by atoms with Crippen molar-refractivity contribution >= 4 is 44.8 Å². The first kappa shape index (κ1) is 20.3. The number of hydrogen-bond acceptors (Lipinski definition) is 5. The number of anilines is 2. The van der Waals surface area contributed by atoms with E-state index in [1.54, 1.807) is 13.0 Å². The van der Waals surface area contributed by atoms with Crippen LogP contribution < -0.4 is 10.6 Å². The number of fused-ring (bicyclic) bond motifs is 1. The number of nitrogens with one attached hydrogen (secondary N) is 2. The zero-order valence-electron chi connectivity index (χ0n) is 15.2.